The number of rotatable bonds is 4. The molecule has 2 fully saturated rings. The first-order valence-corrected chi connectivity index (χ1v) is 12.5. The van der Waals surface area contributed by atoms with Crippen LogP contribution in [0.25, 0.3) is 0 Å². The van der Waals surface area contributed by atoms with Crippen LogP contribution in [0.3, 0.4) is 0 Å². The molecule has 3 amide bonds. The van der Waals surface area contributed by atoms with E-state index in [9.17, 15) is 14.7 Å². The number of nitrogens with zero attached hydrogens (tertiary/aromatic N) is 3. The monoisotopic (exact) mass is 478 g/mol. The first-order valence-electron chi connectivity index (χ1n) is 12.5. The standard InChI is InChI=1S/C27H34N4O4/c1-18(32)25-24(29(2)27(34)28-20-6-4-3-5-7-20)17-23-22-16-21(30-12-14-35-15-13-30)9-8-19(22)10-11-31(23)26(25)33/h3-9,16,18,23-25,32H,10-15,17H2,1-2H3,(H,28,34)/t18-,23-,24-,25-/m0/s1. The maximum atomic E-state index is 13.7. The summed E-state index contributed by atoms with van der Waals surface area (Å²) in [6.45, 7) is 5.40. The van der Waals surface area contributed by atoms with Crippen molar-refractivity contribution >= 4 is 23.3 Å². The van der Waals surface area contributed by atoms with Crippen LogP contribution in [0, 0.1) is 5.92 Å². The minimum atomic E-state index is -0.860. The van der Waals surface area contributed by atoms with E-state index in [0.29, 0.717) is 31.9 Å². The third-order valence-corrected chi connectivity index (χ3v) is 7.67. The van der Waals surface area contributed by atoms with Crippen molar-refractivity contribution in [3.05, 3.63) is 59.7 Å². The average molecular weight is 479 g/mol. The minimum absolute atomic E-state index is 0.0805. The number of nitrogens with one attached hydrogen (secondary N) is 1. The smallest absolute Gasteiger partial charge is 0.321 e. The van der Waals surface area contributed by atoms with Crippen LogP contribution in [0.4, 0.5) is 16.2 Å². The van der Waals surface area contributed by atoms with E-state index in [1.165, 1.54) is 5.56 Å². The van der Waals surface area contributed by atoms with Gasteiger partial charge in [0.25, 0.3) is 0 Å². The Morgan fingerprint density at radius 1 is 1.14 bits per heavy atom. The van der Waals surface area contributed by atoms with Crippen LogP contribution >= 0.6 is 0 Å². The number of aliphatic hydroxyl groups is 1. The quantitative estimate of drug-likeness (QED) is 0.706. The number of urea groups is 1. The van der Waals surface area contributed by atoms with Crippen LogP contribution in [0.15, 0.2) is 48.5 Å². The topological polar surface area (TPSA) is 85.4 Å². The van der Waals surface area contributed by atoms with Crippen LogP contribution < -0.4 is 10.2 Å². The van der Waals surface area contributed by atoms with Crippen LogP contribution in [0.5, 0.6) is 0 Å². The largest absolute Gasteiger partial charge is 0.393 e. The van der Waals surface area contributed by atoms with Gasteiger partial charge < -0.3 is 29.9 Å². The summed E-state index contributed by atoms with van der Waals surface area (Å²) in [4.78, 5) is 32.7. The Kier molecular flexibility index (Phi) is 6.67. The molecule has 8 nitrogen and oxygen atoms in total. The van der Waals surface area contributed by atoms with Gasteiger partial charge in [0.2, 0.25) is 5.91 Å². The van der Waals surface area contributed by atoms with Crippen LogP contribution in [-0.4, -0.2) is 78.9 Å². The molecule has 0 spiro atoms. The SMILES string of the molecule is C[C@H](O)[C@@H]1C(=O)N2CCc3ccc(N4CCOCC4)cc3[C@@H]2C[C@@H]1N(C)C(=O)Nc1ccccc1. The zero-order valence-corrected chi connectivity index (χ0v) is 20.4. The molecule has 0 aromatic heterocycles. The third-order valence-electron chi connectivity index (χ3n) is 7.67. The van der Waals surface area contributed by atoms with Crippen LogP contribution in [0.1, 0.15) is 30.5 Å². The molecule has 186 valence electrons. The molecule has 2 aromatic carbocycles. The zero-order chi connectivity index (χ0) is 24.5. The van der Waals surface area contributed by atoms with E-state index in [-0.39, 0.29) is 18.0 Å². The summed E-state index contributed by atoms with van der Waals surface area (Å²) in [5, 5.41) is 13.5. The van der Waals surface area contributed by atoms with Crippen molar-refractivity contribution in [3.8, 4) is 0 Å². The van der Waals surface area contributed by atoms with E-state index in [1.54, 1.807) is 18.9 Å². The average Bonchev–Trinajstić information content (AvgIpc) is 2.88. The summed E-state index contributed by atoms with van der Waals surface area (Å²) in [7, 11) is 1.72. The number of para-hydroxylation sites is 1. The van der Waals surface area contributed by atoms with Crippen molar-refractivity contribution in [1.82, 2.24) is 9.80 Å². The molecule has 3 heterocycles. The lowest BCUT2D eigenvalue weighted by molar-refractivity contribution is -0.151. The van der Waals surface area contributed by atoms with Gasteiger partial charge in [-0.2, -0.15) is 0 Å². The van der Waals surface area contributed by atoms with Gasteiger partial charge in [0.05, 0.1) is 31.3 Å². The van der Waals surface area contributed by atoms with Crippen molar-refractivity contribution < 1.29 is 19.4 Å². The Hall–Kier alpha value is -3.10. The Balaban J connectivity index is 1.44. The molecule has 0 aliphatic carbocycles. The lowest BCUT2D eigenvalue weighted by Crippen LogP contribution is -2.60. The van der Waals surface area contributed by atoms with Gasteiger partial charge in [0.1, 0.15) is 0 Å². The van der Waals surface area contributed by atoms with Gasteiger partial charge in [-0.25, -0.2) is 4.79 Å². The summed E-state index contributed by atoms with van der Waals surface area (Å²) in [6.07, 6.45) is 0.517. The lowest BCUT2D eigenvalue weighted by atomic mass is 9.77. The summed E-state index contributed by atoms with van der Waals surface area (Å²) in [5.74, 6) is -0.746. The molecule has 0 radical (unpaired) electrons. The Labute approximate surface area is 206 Å². The van der Waals surface area contributed by atoms with Gasteiger partial charge >= 0.3 is 6.03 Å². The number of carbonyl (C=O) groups excluding carboxylic acids is 2. The molecule has 35 heavy (non-hydrogen) atoms. The molecule has 8 heteroatoms. The molecule has 2 aromatic rings. The normalized spacial score (nSPS) is 24.9. The van der Waals surface area contributed by atoms with E-state index in [1.807, 2.05) is 35.2 Å². The molecule has 0 unspecified atom stereocenters. The fourth-order valence-corrected chi connectivity index (χ4v) is 5.76. The first kappa shape index (κ1) is 23.6. The summed E-state index contributed by atoms with van der Waals surface area (Å²) < 4.78 is 5.51. The summed E-state index contributed by atoms with van der Waals surface area (Å²) in [5.41, 5.74) is 4.24. The first-order chi connectivity index (χ1) is 16.9. The van der Waals surface area contributed by atoms with E-state index in [4.69, 9.17) is 4.74 Å². The fraction of sp³-hybridized carbons (Fsp3) is 0.481. The van der Waals surface area contributed by atoms with E-state index in [0.717, 1.165) is 30.8 Å². The van der Waals surface area contributed by atoms with E-state index in [2.05, 4.69) is 28.4 Å². The highest BCUT2D eigenvalue weighted by Gasteiger charge is 2.48. The molecule has 5 rings (SSSR count). The highest BCUT2D eigenvalue weighted by Crippen LogP contribution is 2.42. The number of ether oxygens (including phenoxy) is 1. The van der Waals surface area contributed by atoms with Crippen molar-refractivity contribution in [2.45, 2.75) is 38.0 Å². The molecule has 2 N–H and O–H groups in total. The predicted octanol–water partition coefficient (Wildman–Crippen LogP) is 2.88. The van der Waals surface area contributed by atoms with Gasteiger partial charge in [-0.3, -0.25) is 4.79 Å². The zero-order valence-electron chi connectivity index (χ0n) is 20.4. The van der Waals surface area contributed by atoms with Crippen molar-refractivity contribution in [1.29, 1.82) is 0 Å². The number of carbonyl (C=O) groups is 2. The van der Waals surface area contributed by atoms with Gasteiger partial charge in [-0.1, -0.05) is 24.3 Å². The Morgan fingerprint density at radius 2 is 1.89 bits per heavy atom. The van der Waals surface area contributed by atoms with E-state index >= 15 is 0 Å². The number of anilines is 2. The number of morpholine rings is 1. The fourth-order valence-electron chi connectivity index (χ4n) is 5.76. The van der Waals surface area contributed by atoms with Crippen molar-refractivity contribution in [3.63, 3.8) is 0 Å². The summed E-state index contributed by atoms with van der Waals surface area (Å²) >= 11 is 0. The van der Waals surface area contributed by atoms with Gasteiger partial charge in [-0.15, -0.1) is 0 Å². The van der Waals surface area contributed by atoms with Gasteiger partial charge in [0, 0.05) is 44.1 Å². The highest BCUT2D eigenvalue weighted by molar-refractivity contribution is 5.90. The van der Waals surface area contributed by atoms with Gasteiger partial charge in [0.15, 0.2) is 0 Å². The number of aliphatic hydroxyl groups excluding tert-OH is 1. The second-order valence-electron chi connectivity index (χ2n) is 9.76. The Bertz CT molecular complexity index is 1070. The third kappa shape index (κ3) is 4.60. The number of hydrogen-bond acceptors (Lipinski definition) is 5. The molecule has 3 aliphatic heterocycles. The number of hydrogen-bond donors (Lipinski definition) is 2. The number of benzene rings is 2. The molecule has 4 atom stereocenters. The highest BCUT2D eigenvalue weighted by atomic mass is 16.5. The second-order valence-corrected chi connectivity index (χ2v) is 9.76. The maximum Gasteiger partial charge on any atom is 0.321 e. The predicted molar refractivity (Wildman–Crippen MR) is 134 cm³/mol. The summed E-state index contributed by atoms with van der Waals surface area (Å²) in [6, 6.07) is 15.0. The second kappa shape index (κ2) is 9.87. The number of amides is 3. The van der Waals surface area contributed by atoms with E-state index < -0.39 is 18.1 Å². The number of piperidine rings is 1. The minimum Gasteiger partial charge on any atom is -0.393 e. The van der Waals surface area contributed by atoms with Crippen molar-refractivity contribution in [2.75, 3.05) is 50.1 Å². The van der Waals surface area contributed by atoms with Crippen LogP contribution in [-0.2, 0) is 16.0 Å². The van der Waals surface area contributed by atoms with Gasteiger partial charge in [-0.05, 0) is 55.2 Å². The molecule has 0 bridgehead atoms. The number of fused-ring (bicyclic) bond motifs is 3. The molecule has 0 saturated carbocycles. The Morgan fingerprint density at radius 3 is 2.60 bits per heavy atom. The lowest BCUT2D eigenvalue weighted by Gasteiger charge is -2.49. The van der Waals surface area contributed by atoms with Crippen LogP contribution in [0.2, 0.25) is 0 Å². The molecule has 2 saturated heterocycles. The maximum absolute atomic E-state index is 13.7. The molecular weight excluding hydrogens is 444 g/mol. The molecule has 3 aliphatic rings. The van der Waals surface area contributed by atoms with Crippen molar-refractivity contribution in [2.24, 2.45) is 5.92 Å². The molecular formula is C27H34N4O4.